The van der Waals surface area contributed by atoms with E-state index in [0.29, 0.717) is 17.9 Å². The Labute approximate surface area is 158 Å². The van der Waals surface area contributed by atoms with Gasteiger partial charge in [0.15, 0.2) is 6.61 Å². The molecule has 0 saturated carbocycles. The number of aromatic nitrogens is 2. The number of rotatable bonds is 7. The maximum atomic E-state index is 12.0. The average Bonchev–Trinajstić information content (AvgIpc) is 3.34. The van der Waals surface area contributed by atoms with Crippen LogP contribution in [0.15, 0.2) is 53.2 Å². The molecule has 144 valence electrons. The van der Waals surface area contributed by atoms with Crippen LogP contribution in [-0.4, -0.2) is 33.2 Å². The zero-order valence-electron chi connectivity index (χ0n) is 14.8. The maximum Gasteiger partial charge on any atom is 0.374 e. The lowest BCUT2D eigenvalue weighted by molar-refractivity contribution is -0.385. The van der Waals surface area contributed by atoms with Crippen molar-refractivity contribution in [1.82, 2.24) is 9.78 Å². The zero-order valence-corrected chi connectivity index (χ0v) is 14.8. The number of carbonyl (C=O) groups excluding carboxylic acids is 2. The lowest BCUT2D eigenvalue weighted by atomic mass is 10.1. The Bertz CT molecular complexity index is 1010. The van der Waals surface area contributed by atoms with E-state index in [1.165, 1.54) is 31.2 Å². The SMILES string of the molecule is Cc1c(NC(=O)COC(=O)c2ccc(Cn3cccn3)o2)cccc1[N+](=O)[O-]. The molecule has 2 heterocycles. The molecule has 0 bridgehead atoms. The highest BCUT2D eigenvalue weighted by molar-refractivity contribution is 5.95. The van der Waals surface area contributed by atoms with Crippen molar-refractivity contribution in [2.75, 3.05) is 11.9 Å². The smallest absolute Gasteiger partial charge is 0.374 e. The summed E-state index contributed by atoms with van der Waals surface area (Å²) in [6, 6.07) is 9.14. The second-order valence-electron chi connectivity index (χ2n) is 5.80. The number of nitrogens with zero attached hydrogens (tertiary/aromatic N) is 3. The summed E-state index contributed by atoms with van der Waals surface area (Å²) in [5.74, 6) is -0.952. The van der Waals surface area contributed by atoms with Crippen LogP contribution in [0.1, 0.15) is 21.9 Å². The minimum absolute atomic E-state index is 0.0403. The van der Waals surface area contributed by atoms with Crippen molar-refractivity contribution < 1.29 is 23.7 Å². The number of nitrogens with one attached hydrogen (secondary N) is 1. The van der Waals surface area contributed by atoms with Crippen LogP contribution in [0.25, 0.3) is 0 Å². The van der Waals surface area contributed by atoms with Crippen LogP contribution in [0.3, 0.4) is 0 Å². The van der Waals surface area contributed by atoms with Gasteiger partial charge in [-0.05, 0) is 31.2 Å². The second-order valence-corrected chi connectivity index (χ2v) is 5.80. The lowest BCUT2D eigenvalue weighted by Crippen LogP contribution is -2.21. The fourth-order valence-corrected chi connectivity index (χ4v) is 2.47. The molecule has 28 heavy (non-hydrogen) atoms. The van der Waals surface area contributed by atoms with Crippen molar-refractivity contribution in [2.45, 2.75) is 13.5 Å². The zero-order chi connectivity index (χ0) is 20.1. The monoisotopic (exact) mass is 384 g/mol. The molecule has 0 spiro atoms. The van der Waals surface area contributed by atoms with Gasteiger partial charge in [0.05, 0.1) is 22.7 Å². The van der Waals surface area contributed by atoms with Gasteiger partial charge in [-0.2, -0.15) is 5.10 Å². The molecule has 3 aromatic rings. The largest absolute Gasteiger partial charge is 0.452 e. The highest BCUT2D eigenvalue weighted by atomic mass is 16.6. The summed E-state index contributed by atoms with van der Waals surface area (Å²) in [4.78, 5) is 34.4. The molecule has 0 unspecified atom stereocenters. The summed E-state index contributed by atoms with van der Waals surface area (Å²) in [6.07, 6.45) is 3.38. The quantitative estimate of drug-likeness (QED) is 0.376. The number of benzene rings is 1. The van der Waals surface area contributed by atoms with E-state index in [1.54, 1.807) is 29.2 Å². The van der Waals surface area contributed by atoms with Crippen molar-refractivity contribution in [1.29, 1.82) is 0 Å². The molecule has 0 saturated heterocycles. The third-order valence-electron chi connectivity index (χ3n) is 3.85. The third-order valence-corrected chi connectivity index (χ3v) is 3.85. The molecule has 0 atom stereocenters. The van der Waals surface area contributed by atoms with Crippen LogP contribution < -0.4 is 5.32 Å². The summed E-state index contributed by atoms with van der Waals surface area (Å²) in [5, 5.41) is 17.5. The van der Waals surface area contributed by atoms with Gasteiger partial charge in [0.2, 0.25) is 5.76 Å². The van der Waals surface area contributed by atoms with E-state index < -0.39 is 23.4 Å². The number of hydrogen-bond acceptors (Lipinski definition) is 7. The molecule has 10 heteroatoms. The first kappa shape index (κ1) is 18.8. The first-order valence-electron chi connectivity index (χ1n) is 8.21. The van der Waals surface area contributed by atoms with E-state index in [-0.39, 0.29) is 17.1 Å². The van der Waals surface area contributed by atoms with Crippen LogP contribution in [0.2, 0.25) is 0 Å². The average molecular weight is 384 g/mol. The van der Waals surface area contributed by atoms with Crippen molar-refractivity contribution in [3.05, 3.63) is 76.0 Å². The molecule has 3 rings (SSSR count). The van der Waals surface area contributed by atoms with Gasteiger partial charge >= 0.3 is 5.97 Å². The highest BCUT2D eigenvalue weighted by Crippen LogP contribution is 2.24. The minimum atomic E-state index is -0.794. The predicted molar refractivity (Wildman–Crippen MR) is 96.8 cm³/mol. The Hall–Kier alpha value is -3.95. The first-order chi connectivity index (χ1) is 13.4. The molecule has 1 N–H and O–H groups in total. The standard InChI is InChI=1S/C18H16N4O6/c1-12-14(4-2-5-15(12)22(25)26)20-17(23)11-27-18(24)16-7-6-13(28-16)10-21-9-3-8-19-21/h2-9H,10-11H2,1H3,(H,20,23). The van der Waals surface area contributed by atoms with E-state index in [0.717, 1.165) is 0 Å². The van der Waals surface area contributed by atoms with Crippen LogP contribution in [0.5, 0.6) is 0 Å². The van der Waals surface area contributed by atoms with Gasteiger partial charge in [0.1, 0.15) is 5.76 Å². The number of furan rings is 1. The minimum Gasteiger partial charge on any atom is -0.452 e. The Kier molecular flexibility index (Phi) is 5.49. The number of nitro groups is 1. The fourth-order valence-electron chi connectivity index (χ4n) is 2.47. The number of ether oxygens (including phenoxy) is 1. The van der Waals surface area contributed by atoms with E-state index in [9.17, 15) is 19.7 Å². The molecule has 0 aliphatic heterocycles. The number of anilines is 1. The Morgan fingerprint density at radius 1 is 1.29 bits per heavy atom. The van der Waals surface area contributed by atoms with Gasteiger partial charge in [0.25, 0.3) is 11.6 Å². The van der Waals surface area contributed by atoms with E-state index in [2.05, 4.69) is 10.4 Å². The molecular formula is C18H16N4O6. The van der Waals surface area contributed by atoms with Crippen molar-refractivity contribution in [3.8, 4) is 0 Å². The highest BCUT2D eigenvalue weighted by Gasteiger charge is 2.17. The summed E-state index contributed by atoms with van der Waals surface area (Å²) >= 11 is 0. The fraction of sp³-hybridized carbons (Fsp3) is 0.167. The molecule has 10 nitrogen and oxygen atoms in total. The van der Waals surface area contributed by atoms with Crippen molar-refractivity contribution >= 4 is 23.3 Å². The number of esters is 1. The molecule has 0 fully saturated rings. The Morgan fingerprint density at radius 3 is 2.82 bits per heavy atom. The second kappa shape index (κ2) is 8.16. The topological polar surface area (TPSA) is 130 Å². The van der Waals surface area contributed by atoms with Crippen LogP contribution in [0, 0.1) is 17.0 Å². The molecule has 2 aromatic heterocycles. The van der Waals surface area contributed by atoms with Gasteiger partial charge in [-0.1, -0.05) is 6.07 Å². The molecule has 1 aromatic carbocycles. The molecule has 1 amide bonds. The van der Waals surface area contributed by atoms with E-state index in [4.69, 9.17) is 9.15 Å². The van der Waals surface area contributed by atoms with Gasteiger partial charge in [-0.25, -0.2) is 4.79 Å². The Balaban J connectivity index is 1.55. The summed E-state index contributed by atoms with van der Waals surface area (Å²) in [7, 11) is 0. The molecular weight excluding hydrogens is 368 g/mol. The lowest BCUT2D eigenvalue weighted by Gasteiger charge is -2.08. The number of carbonyl (C=O) groups is 2. The molecule has 0 radical (unpaired) electrons. The number of amides is 1. The number of hydrogen-bond donors (Lipinski definition) is 1. The van der Waals surface area contributed by atoms with Crippen LogP contribution >= 0.6 is 0 Å². The molecule has 0 aliphatic rings. The van der Waals surface area contributed by atoms with E-state index in [1.807, 2.05) is 0 Å². The summed E-state index contributed by atoms with van der Waals surface area (Å²) in [6.45, 7) is 1.31. The molecule has 0 aliphatic carbocycles. The van der Waals surface area contributed by atoms with Gasteiger partial charge < -0.3 is 14.5 Å². The predicted octanol–water partition coefficient (Wildman–Crippen LogP) is 2.54. The van der Waals surface area contributed by atoms with Crippen molar-refractivity contribution in [3.63, 3.8) is 0 Å². The normalized spacial score (nSPS) is 10.5. The van der Waals surface area contributed by atoms with Crippen LogP contribution in [0.4, 0.5) is 11.4 Å². The summed E-state index contributed by atoms with van der Waals surface area (Å²) in [5.41, 5.74) is 0.464. The number of nitro benzene ring substituents is 1. The first-order valence-corrected chi connectivity index (χ1v) is 8.21. The Morgan fingerprint density at radius 2 is 2.11 bits per heavy atom. The van der Waals surface area contributed by atoms with Gasteiger partial charge in [-0.15, -0.1) is 0 Å². The van der Waals surface area contributed by atoms with Crippen LogP contribution in [-0.2, 0) is 16.1 Å². The summed E-state index contributed by atoms with van der Waals surface area (Å²) < 4.78 is 11.9. The maximum absolute atomic E-state index is 12.0. The van der Waals surface area contributed by atoms with Crippen molar-refractivity contribution in [2.24, 2.45) is 0 Å². The van der Waals surface area contributed by atoms with E-state index >= 15 is 0 Å². The van der Waals surface area contributed by atoms with Gasteiger partial charge in [-0.3, -0.25) is 19.6 Å². The third kappa shape index (κ3) is 4.41. The van der Waals surface area contributed by atoms with Gasteiger partial charge in [0, 0.05) is 18.5 Å².